The molecule has 1 atom stereocenters. The van der Waals surface area contributed by atoms with Crippen LogP contribution in [0.25, 0.3) is 5.76 Å². The summed E-state index contributed by atoms with van der Waals surface area (Å²) < 4.78 is 5.65. The van der Waals surface area contributed by atoms with Crippen molar-refractivity contribution in [2.24, 2.45) is 0 Å². The van der Waals surface area contributed by atoms with Crippen molar-refractivity contribution >= 4 is 17.4 Å². The summed E-state index contributed by atoms with van der Waals surface area (Å²) >= 11 is 0. The van der Waals surface area contributed by atoms with Crippen LogP contribution in [0.3, 0.4) is 0 Å². The van der Waals surface area contributed by atoms with Gasteiger partial charge < -0.3 is 14.7 Å². The van der Waals surface area contributed by atoms with Crippen LogP contribution in [-0.2, 0) is 22.4 Å². The lowest BCUT2D eigenvalue weighted by molar-refractivity contribution is -0.139. The maximum absolute atomic E-state index is 13.1. The predicted octanol–water partition coefficient (Wildman–Crippen LogP) is 5.19. The van der Waals surface area contributed by atoms with E-state index in [9.17, 15) is 14.7 Å². The third-order valence-corrected chi connectivity index (χ3v) is 6.40. The molecule has 32 heavy (non-hydrogen) atoms. The second-order valence-corrected chi connectivity index (χ2v) is 8.54. The van der Waals surface area contributed by atoms with Crippen LogP contribution in [0.4, 0.5) is 0 Å². The van der Waals surface area contributed by atoms with Crippen molar-refractivity contribution in [3.8, 4) is 5.75 Å². The highest BCUT2D eigenvalue weighted by atomic mass is 16.5. The average molecular weight is 434 g/mol. The van der Waals surface area contributed by atoms with Crippen LogP contribution >= 0.6 is 0 Å². The summed E-state index contributed by atoms with van der Waals surface area (Å²) in [5, 5.41) is 11.3. The lowest BCUT2D eigenvalue weighted by Crippen LogP contribution is -2.30. The molecule has 1 aliphatic carbocycles. The Labute approximate surface area is 189 Å². The van der Waals surface area contributed by atoms with E-state index in [1.54, 1.807) is 4.90 Å². The molecule has 0 radical (unpaired) electrons. The number of hydrogen-bond donors (Lipinski definition) is 1. The molecule has 0 saturated carbocycles. The van der Waals surface area contributed by atoms with Crippen molar-refractivity contribution in [1.29, 1.82) is 0 Å². The number of ether oxygens (including phenoxy) is 1. The number of carbonyl (C=O) groups excluding carboxylic acids is 2. The molecule has 5 nitrogen and oxygen atoms in total. The second kappa shape index (κ2) is 9.60. The first-order chi connectivity index (χ1) is 15.5. The largest absolute Gasteiger partial charge is 0.507 e. The molecule has 2 aromatic carbocycles. The Hall–Kier alpha value is -3.08. The third kappa shape index (κ3) is 4.16. The summed E-state index contributed by atoms with van der Waals surface area (Å²) in [6.07, 6.45) is 6.01. The van der Waals surface area contributed by atoms with Crippen LogP contribution in [0.1, 0.15) is 67.8 Å². The Morgan fingerprint density at radius 1 is 1.06 bits per heavy atom. The predicted molar refractivity (Wildman–Crippen MR) is 125 cm³/mol. The Morgan fingerprint density at radius 3 is 2.59 bits per heavy atom. The first-order valence-corrected chi connectivity index (χ1v) is 11.7. The van der Waals surface area contributed by atoms with E-state index >= 15 is 0 Å². The molecule has 0 bridgehead atoms. The molecule has 1 heterocycles. The van der Waals surface area contributed by atoms with Crippen LogP contribution < -0.4 is 4.74 Å². The van der Waals surface area contributed by atoms with E-state index in [1.165, 1.54) is 17.5 Å². The van der Waals surface area contributed by atoms with Gasteiger partial charge in [-0.15, -0.1) is 0 Å². The lowest BCUT2D eigenvalue weighted by Gasteiger charge is -2.25. The van der Waals surface area contributed by atoms with Crippen molar-refractivity contribution < 1.29 is 19.4 Å². The zero-order chi connectivity index (χ0) is 22.7. The summed E-state index contributed by atoms with van der Waals surface area (Å²) in [4.78, 5) is 27.7. The number of Topliss-reactive ketones (excluding diaryl/α,β-unsaturated/α-hetero) is 1. The van der Waals surface area contributed by atoms with E-state index < -0.39 is 17.7 Å². The fraction of sp³-hybridized carbons (Fsp3) is 0.407. The molecule has 2 aliphatic rings. The molecular formula is C27H31NO4. The first kappa shape index (κ1) is 22.1. The molecule has 1 saturated heterocycles. The molecule has 5 heteroatoms. The number of hydrogen-bond acceptors (Lipinski definition) is 4. The number of rotatable bonds is 7. The molecule has 1 fully saturated rings. The minimum atomic E-state index is -0.627. The molecule has 0 aromatic heterocycles. The molecule has 1 amide bonds. The number of nitrogens with zero attached hydrogens (tertiary/aromatic N) is 1. The zero-order valence-corrected chi connectivity index (χ0v) is 18.9. The number of aryl methyl sites for hydroxylation is 2. The number of amides is 1. The Bertz CT molecular complexity index is 1060. The summed E-state index contributed by atoms with van der Waals surface area (Å²) in [6.45, 7) is 4.95. The molecule has 4 rings (SSSR count). The number of aliphatic hydroxyl groups is 1. The molecule has 2 aromatic rings. The van der Waals surface area contributed by atoms with Gasteiger partial charge in [-0.25, -0.2) is 0 Å². The standard InChI is InChI=1S/C27H31NO4/c1-3-5-15-28-24(20-11-8-12-22(17-20)32-4-2)23(26(30)27(28)31)25(29)21-14-13-18-9-6-7-10-19(18)16-21/h8,11-14,16-17,24,29H,3-7,9-10,15H2,1-2H3/b25-23-. The third-order valence-electron chi connectivity index (χ3n) is 6.40. The van der Waals surface area contributed by atoms with E-state index in [2.05, 4.69) is 6.92 Å². The van der Waals surface area contributed by atoms with Crippen LogP contribution in [-0.4, -0.2) is 34.8 Å². The summed E-state index contributed by atoms with van der Waals surface area (Å²) in [5.74, 6) is -0.588. The topological polar surface area (TPSA) is 66.8 Å². The van der Waals surface area contributed by atoms with Gasteiger partial charge in [0.1, 0.15) is 11.5 Å². The first-order valence-electron chi connectivity index (χ1n) is 11.7. The minimum Gasteiger partial charge on any atom is -0.507 e. The summed E-state index contributed by atoms with van der Waals surface area (Å²) in [6, 6.07) is 12.7. The van der Waals surface area contributed by atoms with E-state index in [0.29, 0.717) is 24.5 Å². The Balaban J connectivity index is 1.82. The molecule has 0 spiro atoms. The highest BCUT2D eigenvalue weighted by molar-refractivity contribution is 6.46. The summed E-state index contributed by atoms with van der Waals surface area (Å²) in [5.41, 5.74) is 4.05. The van der Waals surface area contributed by atoms with Gasteiger partial charge in [0.15, 0.2) is 0 Å². The van der Waals surface area contributed by atoms with Gasteiger partial charge >= 0.3 is 0 Å². The van der Waals surface area contributed by atoms with Crippen molar-refractivity contribution in [2.75, 3.05) is 13.2 Å². The number of carbonyl (C=O) groups is 2. The smallest absolute Gasteiger partial charge is 0.295 e. The van der Waals surface area contributed by atoms with E-state index in [0.717, 1.165) is 37.7 Å². The minimum absolute atomic E-state index is 0.0949. The number of likely N-dealkylation sites (tertiary alicyclic amines) is 1. The van der Waals surface area contributed by atoms with Gasteiger partial charge in [-0.1, -0.05) is 37.6 Å². The van der Waals surface area contributed by atoms with Crippen LogP contribution in [0.5, 0.6) is 5.75 Å². The summed E-state index contributed by atoms with van der Waals surface area (Å²) in [7, 11) is 0. The quantitative estimate of drug-likeness (QED) is 0.371. The molecular weight excluding hydrogens is 402 g/mol. The lowest BCUT2D eigenvalue weighted by atomic mass is 9.88. The van der Waals surface area contributed by atoms with Crippen LogP contribution in [0, 0.1) is 0 Å². The molecule has 168 valence electrons. The zero-order valence-electron chi connectivity index (χ0n) is 18.9. The molecule has 1 N–H and O–H groups in total. The van der Waals surface area contributed by atoms with E-state index in [4.69, 9.17) is 4.74 Å². The molecule has 1 unspecified atom stereocenters. The number of aliphatic hydroxyl groups excluding tert-OH is 1. The number of benzene rings is 2. The highest BCUT2D eigenvalue weighted by Gasteiger charge is 2.45. The number of ketones is 1. The van der Waals surface area contributed by atoms with E-state index in [-0.39, 0.29) is 11.3 Å². The van der Waals surface area contributed by atoms with E-state index in [1.807, 2.05) is 49.4 Å². The SMILES string of the molecule is CCCCN1C(=O)C(=O)/C(=C(\O)c2ccc3c(c2)CCCC3)C1c1cccc(OCC)c1. The number of unbranched alkanes of at least 4 members (excludes halogenated alkanes) is 1. The van der Waals surface area contributed by atoms with Crippen molar-refractivity contribution in [3.05, 3.63) is 70.3 Å². The van der Waals surface area contributed by atoms with Crippen molar-refractivity contribution in [3.63, 3.8) is 0 Å². The van der Waals surface area contributed by atoms with Gasteiger partial charge in [0.05, 0.1) is 18.2 Å². The fourth-order valence-electron chi connectivity index (χ4n) is 4.76. The number of fused-ring (bicyclic) bond motifs is 1. The monoisotopic (exact) mass is 433 g/mol. The molecule has 1 aliphatic heterocycles. The second-order valence-electron chi connectivity index (χ2n) is 8.54. The van der Waals surface area contributed by atoms with Gasteiger partial charge in [0.25, 0.3) is 11.7 Å². The average Bonchev–Trinajstić information content (AvgIpc) is 3.07. The Morgan fingerprint density at radius 2 is 1.84 bits per heavy atom. The van der Waals surface area contributed by atoms with Gasteiger partial charge in [-0.05, 0) is 73.9 Å². The van der Waals surface area contributed by atoms with Gasteiger partial charge in [0.2, 0.25) is 0 Å². The van der Waals surface area contributed by atoms with Crippen molar-refractivity contribution in [2.45, 2.75) is 58.4 Å². The maximum atomic E-state index is 13.1. The normalized spacial score (nSPS) is 19.8. The van der Waals surface area contributed by atoms with Gasteiger partial charge in [-0.3, -0.25) is 9.59 Å². The van der Waals surface area contributed by atoms with Gasteiger partial charge in [0, 0.05) is 12.1 Å². The Kier molecular flexibility index (Phi) is 6.63. The van der Waals surface area contributed by atoms with Gasteiger partial charge in [-0.2, -0.15) is 0 Å². The van der Waals surface area contributed by atoms with Crippen molar-refractivity contribution in [1.82, 2.24) is 4.90 Å². The fourth-order valence-corrected chi connectivity index (χ4v) is 4.76. The maximum Gasteiger partial charge on any atom is 0.295 e. The highest BCUT2D eigenvalue weighted by Crippen LogP contribution is 2.40. The van der Waals surface area contributed by atoms with Crippen LogP contribution in [0.15, 0.2) is 48.0 Å². The van der Waals surface area contributed by atoms with Crippen LogP contribution in [0.2, 0.25) is 0 Å².